The molecule has 0 spiro atoms. The number of benzene rings is 1. The summed E-state index contributed by atoms with van der Waals surface area (Å²) < 4.78 is 0. The molecule has 0 saturated carbocycles. The zero-order valence-electron chi connectivity index (χ0n) is 11.1. The van der Waals surface area contributed by atoms with Gasteiger partial charge < -0.3 is 10.2 Å². The summed E-state index contributed by atoms with van der Waals surface area (Å²) in [6.45, 7) is 2.95. The highest BCUT2D eigenvalue weighted by molar-refractivity contribution is 6.30. The summed E-state index contributed by atoms with van der Waals surface area (Å²) in [6, 6.07) is 7.80. The predicted molar refractivity (Wildman–Crippen MR) is 79.0 cm³/mol. The van der Waals surface area contributed by atoms with E-state index in [4.69, 9.17) is 11.6 Å². The number of hydrogen-bond acceptors (Lipinski definition) is 1. The fraction of sp³-hybridized carbons (Fsp3) is 0.400. The molecule has 1 fully saturated rings. The van der Waals surface area contributed by atoms with E-state index in [0.29, 0.717) is 11.1 Å². The molecule has 1 aliphatic rings. The van der Waals surface area contributed by atoms with Gasteiger partial charge in [0.1, 0.15) is 0 Å². The van der Waals surface area contributed by atoms with Gasteiger partial charge in [-0.05, 0) is 50.0 Å². The van der Waals surface area contributed by atoms with Gasteiger partial charge >= 0.3 is 6.03 Å². The van der Waals surface area contributed by atoms with Gasteiger partial charge in [-0.25, -0.2) is 4.79 Å². The highest BCUT2D eigenvalue weighted by atomic mass is 35.5. The molecule has 0 bridgehead atoms. The molecule has 1 unspecified atom stereocenters. The van der Waals surface area contributed by atoms with E-state index >= 15 is 0 Å². The standard InChI is InChI=1S/C15H19ClN2O/c1-12-4-2-3-11-18(12)15(19)17-10-9-13-5-7-14(16)8-6-13/h5-10,12H,2-4,11H2,1H3,(H,17,19)/b10-9+. The Hall–Kier alpha value is -1.48. The average Bonchev–Trinajstić information content (AvgIpc) is 2.41. The first-order valence-electron chi connectivity index (χ1n) is 6.66. The summed E-state index contributed by atoms with van der Waals surface area (Å²) in [5.74, 6) is 0. The van der Waals surface area contributed by atoms with Crippen LogP contribution in [0, 0.1) is 0 Å². The predicted octanol–water partition coefficient (Wildman–Crippen LogP) is 3.89. The molecule has 3 nitrogen and oxygen atoms in total. The quantitative estimate of drug-likeness (QED) is 0.874. The molecule has 1 aromatic carbocycles. The second kappa shape index (κ2) is 6.62. The molecule has 19 heavy (non-hydrogen) atoms. The van der Waals surface area contributed by atoms with Gasteiger partial charge in [-0.2, -0.15) is 0 Å². The Morgan fingerprint density at radius 3 is 2.79 bits per heavy atom. The van der Waals surface area contributed by atoms with Gasteiger partial charge in [-0.3, -0.25) is 0 Å². The maximum absolute atomic E-state index is 12.0. The molecule has 0 aromatic heterocycles. The van der Waals surface area contributed by atoms with Crippen molar-refractivity contribution >= 4 is 23.7 Å². The van der Waals surface area contributed by atoms with Gasteiger partial charge in [0, 0.05) is 23.8 Å². The van der Waals surface area contributed by atoms with Crippen molar-refractivity contribution in [2.45, 2.75) is 32.2 Å². The number of nitrogens with zero attached hydrogens (tertiary/aromatic N) is 1. The van der Waals surface area contributed by atoms with Crippen molar-refractivity contribution in [3.05, 3.63) is 41.1 Å². The summed E-state index contributed by atoms with van der Waals surface area (Å²) in [6.07, 6.45) is 6.95. The summed E-state index contributed by atoms with van der Waals surface area (Å²) in [4.78, 5) is 13.9. The lowest BCUT2D eigenvalue weighted by Gasteiger charge is -2.32. The lowest BCUT2D eigenvalue weighted by molar-refractivity contribution is 0.161. The zero-order chi connectivity index (χ0) is 13.7. The van der Waals surface area contributed by atoms with Crippen molar-refractivity contribution in [3.8, 4) is 0 Å². The number of carbonyl (C=O) groups is 1. The van der Waals surface area contributed by atoms with Gasteiger partial charge in [0.15, 0.2) is 0 Å². The van der Waals surface area contributed by atoms with E-state index in [1.807, 2.05) is 35.2 Å². The van der Waals surface area contributed by atoms with Crippen LogP contribution in [-0.4, -0.2) is 23.5 Å². The molecule has 1 heterocycles. The molecule has 0 aliphatic carbocycles. The Balaban J connectivity index is 1.87. The maximum Gasteiger partial charge on any atom is 0.321 e. The second-order valence-corrected chi connectivity index (χ2v) is 5.31. The fourth-order valence-corrected chi connectivity index (χ4v) is 2.39. The van der Waals surface area contributed by atoms with E-state index < -0.39 is 0 Å². The zero-order valence-corrected chi connectivity index (χ0v) is 11.9. The molecule has 0 radical (unpaired) electrons. The Labute approximate surface area is 119 Å². The Bertz CT molecular complexity index is 456. The molecule has 1 aromatic rings. The number of nitrogens with one attached hydrogen (secondary N) is 1. The van der Waals surface area contributed by atoms with Crippen molar-refractivity contribution in [2.75, 3.05) is 6.54 Å². The van der Waals surface area contributed by atoms with Crippen LogP contribution in [0.4, 0.5) is 4.79 Å². The van der Waals surface area contributed by atoms with Crippen LogP contribution in [0.5, 0.6) is 0 Å². The minimum absolute atomic E-state index is 0.0163. The Morgan fingerprint density at radius 1 is 1.37 bits per heavy atom. The minimum Gasteiger partial charge on any atom is -0.322 e. The third kappa shape index (κ3) is 4.00. The molecule has 4 heteroatoms. The molecule has 2 rings (SSSR count). The SMILES string of the molecule is CC1CCCCN1C(=O)N/C=C/c1ccc(Cl)cc1. The molecule has 1 N–H and O–H groups in total. The van der Waals surface area contributed by atoms with Gasteiger partial charge in [0.05, 0.1) is 0 Å². The number of halogens is 1. The maximum atomic E-state index is 12.0. The number of piperidine rings is 1. The second-order valence-electron chi connectivity index (χ2n) is 4.87. The van der Waals surface area contributed by atoms with E-state index in [0.717, 1.165) is 24.9 Å². The molecule has 1 aliphatic heterocycles. The summed E-state index contributed by atoms with van der Waals surface area (Å²) in [5.41, 5.74) is 1.01. The number of rotatable bonds is 2. The van der Waals surface area contributed by atoms with Gasteiger partial charge in [0.25, 0.3) is 0 Å². The fourth-order valence-electron chi connectivity index (χ4n) is 2.27. The van der Waals surface area contributed by atoms with Crippen molar-refractivity contribution in [2.24, 2.45) is 0 Å². The highest BCUT2D eigenvalue weighted by Crippen LogP contribution is 2.16. The summed E-state index contributed by atoms with van der Waals surface area (Å²) in [7, 11) is 0. The van der Waals surface area contributed by atoms with E-state index in [9.17, 15) is 4.79 Å². The van der Waals surface area contributed by atoms with Crippen LogP contribution < -0.4 is 5.32 Å². The first-order valence-corrected chi connectivity index (χ1v) is 7.04. The topological polar surface area (TPSA) is 32.3 Å². The summed E-state index contributed by atoms with van der Waals surface area (Å²) in [5, 5.41) is 3.53. The first-order chi connectivity index (χ1) is 9.16. The largest absolute Gasteiger partial charge is 0.322 e. The van der Waals surface area contributed by atoms with E-state index in [-0.39, 0.29) is 6.03 Å². The number of urea groups is 1. The van der Waals surface area contributed by atoms with Crippen LogP contribution >= 0.6 is 11.6 Å². The van der Waals surface area contributed by atoms with E-state index in [2.05, 4.69) is 12.2 Å². The first kappa shape index (κ1) is 13.9. The number of hydrogen-bond donors (Lipinski definition) is 1. The van der Waals surface area contributed by atoms with Crippen molar-refractivity contribution < 1.29 is 4.79 Å². The highest BCUT2D eigenvalue weighted by Gasteiger charge is 2.22. The third-order valence-electron chi connectivity index (χ3n) is 3.42. The lowest BCUT2D eigenvalue weighted by Crippen LogP contribution is -2.46. The van der Waals surface area contributed by atoms with Crippen molar-refractivity contribution in [1.82, 2.24) is 10.2 Å². The molecule has 1 atom stereocenters. The van der Waals surface area contributed by atoms with Crippen LogP contribution in [0.15, 0.2) is 30.5 Å². The Kier molecular flexibility index (Phi) is 4.86. The Morgan fingerprint density at radius 2 is 2.11 bits per heavy atom. The van der Waals surface area contributed by atoms with Crippen LogP contribution in [0.1, 0.15) is 31.7 Å². The number of amides is 2. The van der Waals surface area contributed by atoms with E-state index in [1.54, 1.807) is 6.20 Å². The molecule has 102 valence electrons. The number of carbonyl (C=O) groups excluding carboxylic acids is 1. The molecular formula is C15H19ClN2O. The lowest BCUT2D eigenvalue weighted by atomic mass is 10.0. The smallest absolute Gasteiger partial charge is 0.321 e. The van der Waals surface area contributed by atoms with Crippen molar-refractivity contribution in [3.63, 3.8) is 0 Å². The van der Waals surface area contributed by atoms with Gasteiger partial charge in [-0.15, -0.1) is 0 Å². The van der Waals surface area contributed by atoms with Crippen LogP contribution in [0.2, 0.25) is 5.02 Å². The van der Waals surface area contributed by atoms with Crippen LogP contribution in [0.3, 0.4) is 0 Å². The molecule has 2 amide bonds. The van der Waals surface area contributed by atoms with Crippen LogP contribution in [-0.2, 0) is 0 Å². The normalized spacial score (nSPS) is 19.7. The third-order valence-corrected chi connectivity index (χ3v) is 3.67. The molecule has 1 saturated heterocycles. The van der Waals surface area contributed by atoms with Gasteiger partial charge in [-0.1, -0.05) is 23.7 Å². The summed E-state index contributed by atoms with van der Waals surface area (Å²) >= 11 is 5.81. The van der Waals surface area contributed by atoms with Crippen LogP contribution in [0.25, 0.3) is 6.08 Å². The van der Waals surface area contributed by atoms with E-state index in [1.165, 1.54) is 6.42 Å². The number of likely N-dealkylation sites (tertiary alicyclic amines) is 1. The van der Waals surface area contributed by atoms with Crippen molar-refractivity contribution in [1.29, 1.82) is 0 Å². The molecular weight excluding hydrogens is 260 g/mol. The monoisotopic (exact) mass is 278 g/mol. The minimum atomic E-state index is -0.0163. The van der Waals surface area contributed by atoms with Gasteiger partial charge in [0.2, 0.25) is 0 Å². The average molecular weight is 279 g/mol.